The molecular weight excluding hydrogens is 458 g/mol. The van der Waals surface area contributed by atoms with E-state index in [0.717, 1.165) is 21.7 Å². The zero-order valence-corrected chi connectivity index (χ0v) is 21.0. The Hall–Kier alpha value is -3.68. The molecule has 0 N–H and O–H groups in total. The van der Waals surface area contributed by atoms with Gasteiger partial charge in [-0.2, -0.15) is 0 Å². The number of benzene rings is 3. The van der Waals surface area contributed by atoms with Crippen LogP contribution in [0.1, 0.15) is 25.8 Å². The van der Waals surface area contributed by atoms with Gasteiger partial charge in [-0.3, -0.25) is 0 Å². The summed E-state index contributed by atoms with van der Waals surface area (Å²) >= 11 is 0. The summed E-state index contributed by atoms with van der Waals surface area (Å²) < 4.78 is 15.9. The number of carbonyl (C=O) groups excluding carboxylic acids is 2. The molecule has 1 fully saturated rings. The van der Waals surface area contributed by atoms with Crippen molar-refractivity contribution in [2.24, 2.45) is 5.41 Å². The highest BCUT2D eigenvalue weighted by atomic mass is 16.7. The molecule has 1 saturated heterocycles. The van der Waals surface area contributed by atoms with E-state index in [1.165, 1.54) is 19.6 Å². The van der Waals surface area contributed by atoms with Crippen molar-refractivity contribution in [3.63, 3.8) is 0 Å². The Labute approximate surface area is 209 Å². The van der Waals surface area contributed by atoms with Crippen LogP contribution in [0, 0.1) is 5.41 Å². The van der Waals surface area contributed by atoms with Gasteiger partial charge in [-0.1, -0.05) is 79.6 Å². The SMILES string of the molecule is COC(=O)C1=C(C(=O)OC)[C@@]2(/C=C/c3cc4ccccc4c4ccccc34)CC(C)(C)[C@H](OC)N2O1. The van der Waals surface area contributed by atoms with Crippen LogP contribution in [-0.4, -0.2) is 50.1 Å². The van der Waals surface area contributed by atoms with Crippen LogP contribution in [0.3, 0.4) is 0 Å². The van der Waals surface area contributed by atoms with E-state index in [4.69, 9.17) is 19.0 Å². The van der Waals surface area contributed by atoms with Crippen molar-refractivity contribution in [1.29, 1.82) is 0 Å². The second-order valence-electron chi connectivity index (χ2n) is 9.85. The van der Waals surface area contributed by atoms with Crippen LogP contribution in [0.2, 0.25) is 0 Å². The van der Waals surface area contributed by atoms with E-state index < -0.39 is 29.1 Å². The summed E-state index contributed by atoms with van der Waals surface area (Å²) in [6.45, 7) is 4.08. The molecular formula is C29H29NO6. The molecule has 3 aromatic rings. The first-order valence-electron chi connectivity index (χ1n) is 11.8. The summed E-state index contributed by atoms with van der Waals surface area (Å²) in [6, 6.07) is 18.6. The number of hydrogen-bond acceptors (Lipinski definition) is 7. The molecule has 0 saturated carbocycles. The first kappa shape index (κ1) is 24.0. The Bertz CT molecular complexity index is 1440. The van der Waals surface area contributed by atoms with Gasteiger partial charge in [0.2, 0.25) is 5.76 Å². The van der Waals surface area contributed by atoms with Crippen LogP contribution in [0.5, 0.6) is 0 Å². The number of rotatable bonds is 5. The van der Waals surface area contributed by atoms with E-state index >= 15 is 0 Å². The third kappa shape index (κ3) is 3.50. The molecule has 2 aliphatic rings. The lowest BCUT2D eigenvalue weighted by molar-refractivity contribution is -0.231. The number of ether oxygens (including phenoxy) is 3. The quantitative estimate of drug-likeness (QED) is 0.371. The van der Waals surface area contributed by atoms with Crippen molar-refractivity contribution in [3.8, 4) is 0 Å². The van der Waals surface area contributed by atoms with Crippen LogP contribution < -0.4 is 0 Å². The molecule has 5 rings (SSSR count). The highest BCUT2D eigenvalue weighted by Crippen LogP contribution is 2.55. The zero-order chi connectivity index (χ0) is 25.7. The smallest absolute Gasteiger partial charge is 0.376 e. The molecule has 0 unspecified atom stereocenters. The number of hydroxylamine groups is 2. The molecule has 7 heteroatoms. The molecule has 0 aromatic heterocycles. The van der Waals surface area contributed by atoms with E-state index in [9.17, 15) is 9.59 Å². The van der Waals surface area contributed by atoms with Crippen molar-refractivity contribution >= 4 is 39.6 Å². The van der Waals surface area contributed by atoms with Gasteiger partial charge in [0.15, 0.2) is 0 Å². The van der Waals surface area contributed by atoms with Crippen LogP contribution in [0.4, 0.5) is 0 Å². The number of nitrogens with zero attached hydrogens (tertiary/aromatic N) is 1. The summed E-state index contributed by atoms with van der Waals surface area (Å²) in [7, 11) is 4.12. The highest BCUT2D eigenvalue weighted by molar-refractivity contribution is 6.11. The Morgan fingerprint density at radius 1 is 0.944 bits per heavy atom. The molecule has 2 atom stereocenters. The lowest BCUT2D eigenvalue weighted by Crippen LogP contribution is -2.45. The van der Waals surface area contributed by atoms with Crippen molar-refractivity contribution in [1.82, 2.24) is 5.06 Å². The molecule has 186 valence electrons. The zero-order valence-electron chi connectivity index (χ0n) is 21.0. The molecule has 7 nitrogen and oxygen atoms in total. The number of esters is 2. The second kappa shape index (κ2) is 8.76. The normalized spacial score (nSPS) is 23.3. The average molecular weight is 488 g/mol. The molecule has 36 heavy (non-hydrogen) atoms. The number of methoxy groups -OCH3 is 3. The van der Waals surface area contributed by atoms with Gasteiger partial charge in [-0.25, -0.2) is 9.59 Å². The van der Waals surface area contributed by atoms with Gasteiger partial charge in [0.1, 0.15) is 17.3 Å². The minimum absolute atomic E-state index is 0.103. The van der Waals surface area contributed by atoms with Gasteiger partial charge in [-0.15, -0.1) is 0 Å². The van der Waals surface area contributed by atoms with E-state index in [1.807, 2.05) is 50.3 Å². The number of hydrogen-bond donors (Lipinski definition) is 0. The lowest BCUT2D eigenvalue weighted by Gasteiger charge is -2.31. The van der Waals surface area contributed by atoms with E-state index in [0.29, 0.717) is 6.42 Å². The molecule has 0 amide bonds. The van der Waals surface area contributed by atoms with Gasteiger partial charge in [0, 0.05) is 12.5 Å². The fourth-order valence-corrected chi connectivity index (χ4v) is 5.74. The summed E-state index contributed by atoms with van der Waals surface area (Å²) in [5.74, 6) is -1.59. The molecule has 0 aliphatic carbocycles. The first-order chi connectivity index (χ1) is 17.3. The molecule has 0 radical (unpaired) electrons. The summed E-state index contributed by atoms with van der Waals surface area (Å²) in [5.41, 5.74) is -0.433. The van der Waals surface area contributed by atoms with Gasteiger partial charge in [-0.05, 0) is 39.6 Å². The molecule has 0 bridgehead atoms. The monoisotopic (exact) mass is 487 g/mol. The van der Waals surface area contributed by atoms with E-state index in [-0.39, 0.29) is 11.3 Å². The Kier molecular flexibility index (Phi) is 5.85. The van der Waals surface area contributed by atoms with Gasteiger partial charge in [0.25, 0.3) is 0 Å². The van der Waals surface area contributed by atoms with Crippen LogP contribution in [0.15, 0.2) is 72.0 Å². The average Bonchev–Trinajstić information content (AvgIpc) is 3.31. The Morgan fingerprint density at radius 3 is 2.25 bits per heavy atom. The maximum Gasteiger partial charge on any atom is 0.376 e. The van der Waals surface area contributed by atoms with Crippen LogP contribution in [0.25, 0.3) is 27.6 Å². The third-order valence-corrected chi connectivity index (χ3v) is 7.17. The maximum absolute atomic E-state index is 13.1. The summed E-state index contributed by atoms with van der Waals surface area (Å²) in [6.07, 6.45) is 3.83. The number of carbonyl (C=O) groups is 2. The highest BCUT2D eigenvalue weighted by Gasteiger charge is 2.65. The lowest BCUT2D eigenvalue weighted by atomic mass is 9.78. The third-order valence-electron chi connectivity index (χ3n) is 7.17. The Morgan fingerprint density at radius 2 is 1.58 bits per heavy atom. The number of fused-ring (bicyclic) bond motifs is 4. The molecule has 3 aromatic carbocycles. The topological polar surface area (TPSA) is 74.3 Å². The standard InChI is InChI=1S/C29H29NO6/c1-28(2)17-29(23(25(31)33-3)24(26(32)34-4)36-30(29)27(28)35-5)15-14-19-16-18-10-6-7-11-20(18)22-13-9-8-12-21(19)22/h6-16,27H,17H2,1-5H3/b15-14+/t27-,29+/m0/s1. The largest absolute Gasteiger partial charge is 0.465 e. The predicted octanol–water partition coefficient (Wildman–Crippen LogP) is 4.99. The minimum Gasteiger partial charge on any atom is -0.465 e. The van der Waals surface area contributed by atoms with Crippen LogP contribution in [-0.2, 0) is 28.6 Å². The van der Waals surface area contributed by atoms with E-state index in [1.54, 1.807) is 12.2 Å². The Balaban J connectivity index is 1.75. The van der Waals surface area contributed by atoms with Crippen molar-refractivity contribution < 1.29 is 28.6 Å². The molecule has 2 aliphatic heterocycles. The summed E-state index contributed by atoms with van der Waals surface area (Å²) in [5, 5.41) is 6.07. The van der Waals surface area contributed by atoms with Gasteiger partial charge >= 0.3 is 11.9 Å². The first-order valence-corrected chi connectivity index (χ1v) is 11.8. The predicted molar refractivity (Wildman–Crippen MR) is 136 cm³/mol. The fraction of sp³-hybridized carbons (Fsp3) is 0.310. The van der Waals surface area contributed by atoms with E-state index in [2.05, 4.69) is 30.3 Å². The molecule has 2 heterocycles. The summed E-state index contributed by atoms with van der Waals surface area (Å²) in [4.78, 5) is 31.8. The van der Waals surface area contributed by atoms with Crippen molar-refractivity contribution in [3.05, 3.63) is 77.6 Å². The van der Waals surface area contributed by atoms with Gasteiger partial charge < -0.3 is 19.0 Å². The maximum atomic E-state index is 13.1. The van der Waals surface area contributed by atoms with Crippen molar-refractivity contribution in [2.45, 2.75) is 32.0 Å². The van der Waals surface area contributed by atoms with Crippen molar-refractivity contribution in [2.75, 3.05) is 21.3 Å². The molecule has 0 spiro atoms. The fourth-order valence-electron chi connectivity index (χ4n) is 5.74. The van der Waals surface area contributed by atoms with Crippen LogP contribution >= 0.6 is 0 Å². The second-order valence-corrected chi connectivity index (χ2v) is 9.85. The van der Waals surface area contributed by atoms with Gasteiger partial charge in [0.05, 0.1) is 14.2 Å². The minimum atomic E-state index is -1.10.